The number of nitrogens with zero attached hydrogens (tertiary/aromatic N) is 2. The molecule has 148 valence electrons. The second-order valence-electron chi connectivity index (χ2n) is 7.51. The molecule has 1 aliphatic heterocycles. The topological polar surface area (TPSA) is 51.1 Å². The van der Waals surface area contributed by atoms with E-state index in [0.717, 1.165) is 12.2 Å². The Morgan fingerprint density at radius 3 is 1.69 bits per heavy atom. The van der Waals surface area contributed by atoms with Crippen LogP contribution in [0, 0.1) is 5.41 Å². The molecule has 0 amide bonds. The van der Waals surface area contributed by atoms with Gasteiger partial charge in [-0.05, 0) is 36.4 Å². The third-order valence-corrected chi connectivity index (χ3v) is 5.94. The molecule has 1 fully saturated rings. The number of amidine groups is 1. The molecule has 0 aliphatic carbocycles. The van der Waals surface area contributed by atoms with Crippen molar-refractivity contribution >= 4 is 19.3 Å². The summed E-state index contributed by atoms with van der Waals surface area (Å²) in [7, 11) is -3.88. The number of hydrogen-bond acceptors (Lipinski definition) is 3. The Bertz CT molecular complexity index is 992. The lowest BCUT2D eigenvalue weighted by Gasteiger charge is -2.48. The highest BCUT2D eigenvalue weighted by molar-refractivity contribution is 7.53. The molecule has 0 aromatic heterocycles. The van der Waals surface area contributed by atoms with Gasteiger partial charge in [-0.25, -0.2) is 4.57 Å². The van der Waals surface area contributed by atoms with Crippen LogP contribution in [0.2, 0.25) is 0 Å². The van der Waals surface area contributed by atoms with Crippen molar-refractivity contribution in [3.8, 4) is 11.5 Å². The van der Waals surface area contributed by atoms with Crippen LogP contribution in [-0.2, 0) is 4.57 Å². The molecular formula is C23H23N2O3P. The molecule has 1 aliphatic rings. The zero-order valence-corrected chi connectivity index (χ0v) is 17.3. The lowest BCUT2D eigenvalue weighted by atomic mass is 9.82. The molecule has 3 aromatic carbocycles. The third kappa shape index (κ3) is 4.36. The Hall–Kier alpha value is -3.04. The number of anilines is 1. The molecule has 1 saturated heterocycles. The van der Waals surface area contributed by atoms with Gasteiger partial charge in [-0.1, -0.05) is 68.4 Å². The molecule has 29 heavy (non-hydrogen) atoms. The van der Waals surface area contributed by atoms with Crippen LogP contribution in [-0.4, -0.2) is 12.4 Å². The summed E-state index contributed by atoms with van der Waals surface area (Å²) in [5, 5.41) is 0. The van der Waals surface area contributed by atoms with Gasteiger partial charge in [0, 0.05) is 17.6 Å². The Morgan fingerprint density at radius 1 is 0.793 bits per heavy atom. The smallest absolute Gasteiger partial charge is 0.399 e. The van der Waals surface area contributed by atoms with Crippen LogP contribution >= 0.6 is 7.75 Å². The van der Waals surface area contributed by atoms with Crippen molar-refractivity contribution in [2.24, 2.45) is 10.2 Å². The molecule has 4 rings (SSSR count). The van der Waals surface area contributed by atoms with Crippen LogP contribution < -0.4 is 13.9 Å². The number of hydrogen-bond donors (Lipinski definition) is 0. The van der Waals surface area contributed by atoms with E-state index in [9.17, 15) is 4.57 Å². The molecule has 0 saturated carbocycles. The predicted octanol–water partition coefficient (Wildman–Crippen LogP) is 6.20. The van der Waals surface area contributed by atoms with Gasteiger partial charge in [-0.2, -0.15) is 0 Å². The molecule has 0 spiro atoms. The second kappa shape index (κ2) is 7.76. The van der Waals surface area contributed by atoms with Gasteiger partial charge in [0.1, 0.15) is 17.3 Å². The van der Waals surface area contributed by atoms with E-state index in [0.29, 0.717) is 17.3 Å². The molecule has 0 radical (unpaired) electrons. The van der Waals surface area contributed by atoms with Crippen molar-refractivity contribution in [1.82, 2.24) is 0 Å². The summed E-state index contributed by atoms with van der Waals surface area (Å²) in [6.07, 6.45) is 0. The van der Waals surface area contributed by atoms with Crippen molar-refractivity contribution in [1.29, 1.82) is 0 Å². The highest BCUT2D eigenvalue weighted by Crippen LogP contribution is 2.52. The van der Waals surface area contributed by atoms with E-state index in [1.807, 2.05) is 71.6 Å². The van der Waals surface area contributed by atoms with Crippen LogP contribution in [0.5, 0.6) is 11.5 Å². The van der Waals surface area contributed by atoms with E-state index in [1.165, 1.54) is 0 Å². The van der Waals surface area contributed by atoms with Crippen LogP contribution in [0.4, 0.5) is 5.69 Å². The summed E-state index contributed by atoms with van der Waals surface area (Å²) in [5.41, 5.74) is 0.752. The van der Waals surface area contributed by atoms with Gasteiger partial charge in [0.2, 0.25) is 0 Å². The standard InChI is InChI=1S/C23H23N2O3P/c1-23(2)18-25(19-12-6-3-7-13-19)22(23)24-29(26,27-20-14-8-4-9-15-20)28-21-16-10-5-11-17-21/h3-17H,18H2,1-2H3/b24-22-. The van der Waals surface area contributed by atoms with Crippen LogP contribution in [0.15, 0.2) is 95.8 Å². The van der Waals surface area contributed by atoms with Crippen LogP contribution in [0.1, 0.15) is 13.8 Å². The minimum Gasteiger partial charge on any atom is -0.399 e. The first kappa shape index (κ1) is 19.3. The maximum absolute atomic E-state index is 13.8. The van der Waals surface area contributed by atoms with Crippen LogP contribution in [0.25, 0.3) is 0 Å². The molecule has 0 unspecified atom stereocenters. The van der Waals surface area contributed by atoms with Crippen LogP contribution in [0.3, 0.4) is 0 Å². The number of rotatable bonds is 6. The fourth-order valence-electron chi connectivity index (χ4n) is 3.23. The normalized spacial score (nSPS) is 16.9. The number of benzene rings is 3. The first-order valence-electron chi connectivity index (χ1n) is 9.48. The summed E-state index contributed by atoms with van der Waals surface area (Å²) in [5.74, 6) is 1.57. The average Bonchev–Trinajstić information content (AvgIpc) is 2.73. The maximum atomic E-state index is 13.8. The van der Waals surface area contributed by atoms with E-state index >= 15 is 0 Å². The Labute approximate surface area is 171 Å². The second-order valence-corrected chi connectivity index (χ2v) is 9.01. The SMILES string of the molecule is CC1(C)CN(c2ccccc2)/C1=N\P(=O)(Oc1ccccc1)Oc1ccccc1. The molecule has 5 nitrogen and oxygen atoms in total. The summed E-state index contributed by atoms with van der Waals surface area (Å²) < 4.78 is 29.9. The molecule has 0 atom stereocenters. The zero-order valence-electron chi connectivity index (χ0n) is 16.4. The lowest BCUT2D eigenvalue weighted by molar-refractivity contribution is 0.383. The molecule has 6 heteroatoms. The van der Waals surface area contributed by atoms with E-state index in [1.54, 1.807) is 24.3 Å². The fourth-order valence-corrected chi connectivity index (χ4v) is 4.74. The highest BCUT2D eigenvalue weighted by Gasteiger charge is 2.45. The van der Waals surface area contributed by atoms with Gasteiger partial charge in [-0.3, -0.25) is 0 Å². The van der Waals surface area contributed by atoms with E-state index < -0.39 is 7.75 Å². The lowest BCUT2D eigenvalue weighted by Crippen LogP contribution is -2.58. The van der Waals surface area contributed by atoms with Gasteiger partial charge in [-0.15, -0.1) is 4.76 Å². The van der Waals surface area contributed by atoms with Gasteiger partial charge in [0.15, 0.2) is 0 Å². The van der Waals surface area contributed by atoms with E-state index in [2.05, 4.69) is 18.6 Å². The van der Waals surface area contributed by atoms with Gasteiger partial charge in [0.05, 0.1) is 0 Å². The van der Waals surface area contributed by atoms with E-state index in [4.69, 9.17) is 9.05 Å². The first-order chi connectivity index (χ1) is 14.0. The van der Waals surface area contributed by atoms with Crippen molar-refractivity contribution in [2.75, 3.05) is 11.4 Å². The first-order valence-corrected chi connectivity index (χ1v) is 11.0. The monoisotopic (exact) mass is 406 g/mol. The average molecular weight is 406 g/mol. The summed E-state index contributed by atoms with van der Waals surface area (Å²) >= 11 is 0. The minimum atomic E-state index is -3.88. The van der Waals surface area contributed by atoms with Crippen molar-refractivity contribution in [3.05, 3.63) is 91.0 Å². The Kier molecular flexibility index (Phi) is 5.16. The Balaban J connectivity index is 1.72. The Morgan fingerprint density at radius 2 is 1.24 bits per heavy atom. The van der Waals surface area contributed by atoms with Crippen molar-refractivity contribution in [3.63, 3.8) is 0 Å². The molecule has 3 aromatic rings. The third-order valence-electron chi connectivity index (χ3n) is 4.63. The molecular weight excluding hydrogens is 383 g/mol. The van der Waals surface area contributed by atoms with Crippen molar-refractivity contribution < 1.29 is 13.6 Å². The maximum Gasteiger partial charge on any atom is 0.565 e. The zero-order chi connectivity index (χ0) is 20.3. The van der Waals surface area contributed by atoms with Gasteiger partial charge in [0.25, 0.3) is 0 Å². The molecule has 0 bridgehead atoms. The molecule has 0 N–H and O–H groups in total. The summed E-state index contributed by atoms with van der Waals surface area (Å²) in [4.78, 5) is 2.04. The van der Waals surface area contributed by atoms with E-state index in [-0.39, 0.29) is 5.41 Å². The summed E-state index contributed by atoms with van der Waals surface area (Å²) in [6.45, 7) is 4.91. The van der Waals surface area contributed by atoms with Gasteiger partial charge < -0.3 is 13.9 Å². The summed E-state index contributed by atoms with van der Waals surface area (Å²) in [6, 6.07) is 27.9. The quantitative estimate of drug-likeness (QED) is 0.458. The fraction of sp³-hybridized carbons (Fsp3) is 0.174. The van der Waals surface area contributed by atoms with Crippen molar-refractivity contribution in [2.45, 2.75) is 13.8 Å². The van der Waals surface area contributed by atoms with Gasteiger partial charge >= 0.3 is 7.75 Å². The highest BCUT2D eigenvalue weighted by atomic mass is 31.2. The number of para-hydroxylation sites is 3. The molecule has 1 heterocycles. The largest absolute Gasteiger partial charge is 0.565 e. The minimum absolute atomic E-state index is 0.244. The predicted molar refractivity (Wildman–Crippen MR) is 117 cm³/mol.